The van der Waals surface area contributed by atoms with Gasteiger partial charge >= 0.3 is 11.8 Å². The van der Waals surface area contributed by atoms with Crippen molar-refractivity contribution in [3.8, 4) is 0 Å². The number of rotatable bonds is 4. The summed E-state index contributed by atoms with van der Waals surface area (Å²) in [4.78, 5) is 25.1. The number of benzene rings is 1. The standard InChI is InChI=1S/C15H22N2O2/c1-5-6-9-17(4)15(19)14(18)16-13-8-7-11(2)12(3)10-13/h7-8,10H,5-6,9H2,1-4H3,(H,16,18). The molecule has 1 aromatic carbocycles. The van der Waals surface area contributed by atoms with Crippen LogP contribution >= 0.6 is 0 Å². The molecule has 0 aliphatic heterocycles. The number of carbonyl (C=O) groups excluding carboxylic acids is 2. The van der Waals surface area contributed by atoms with Crippen LogP contribution in [0.15, 0.2) is 18.2 Å². The summed E-state index contributed by atoms with van der Waals surface area (Å²) in [5.41, 5.74) is 2.90. The first-order chi connectivity index (χ1) is 8.95. The first-order valence-corrected chi connectivity index (χ1v) is 6.59. The maximum absolute atomic E-state index is 11.8. The highest BCUT2D eigenvalue weighted by atomic mass is 16.2. The van der Waals surface area contributed by atoms with Gasteiger partial charge in [-0.3, -0.25) is 9.59 Å². The van der Waals surface area contributed by atoms with Gasteiger partial charge in [-0.2, -0.15) is 0 Å². The minimum atomic E-state index is -0.582. The third-order valence-electron chi connectivity index (χ3n) is 3.15. The van der Waals surface area contributed by atoms with Crippen LogP contribution in [0.25, 0.3) is 0 Å². The quantitative estimate of drug-likeness (QED) is 0.848. The van der Waals surface area contributed by atoms with Crippen LogP contribution in [-0.4, -0.2) is 30.3 Å². The molecule has 4 heteroatoms. The van der Waals surface area contributed by atoms with Crippen molar-refractivity contribution >= 4 is 17.5 Å². The predicted octanol–water partition coefficient (Wildman–Crippen LogP) is 2.50. The number of nitrogens with one attached hydrogen (secondary N) is 1. The highest BCUT2D eigenvalue weighted by Crippen LogP contribution is 2.14. The van der Waals surface area contributed by atoms with Crippen molar-refractivity contribution in [2.75, 3.05) is 18.9 Å². The third kappa shape index (κ3) is 4.39. The van der Waals surface area contributed by atoms with Crippen molar-refractivity contribution in [2.45, 2.75) is 33.6 Å². The van der Waals surface area contributed by atoms with Crippen molar-refractivity contribution in [1.29, 1.82) is 0 Å². The Morgan fingerprint density at radius 2 is 1.89 bits per heavy atom. The Bertz CT molecular complexity index is 469. The Morgan fingerprint density at radius 1 is 1.21 bits per heavy atom. The first kappa shape index (κ1) is 15.2. The molecule has 104 valence electrons. The number of unbranched alkanes of at least 4 members (excludes halogenated alkanes) is 1. The lowest BCUT2D eigenvalue weighted by atomic mass is 10.1. The van der Waals surface area contributed by atoms with E-state index in [-0.39, 0.29) is 0 Å². The predicted molar refractivity (Wildman–Crippen MR) is 77.1 cm³/mol. The molecule has 0 heterocycles. The summed E-state index contributed by atoms with van der Waals surface area (Å²) in [5, 5.41) is 2.64. The van der Waals surface area contributed by atoms with Crippen molar-refractivity contribution in [3.63, 3.8) is 0 Å². The fourth-order valence-electron chi connectivity index (χ4n) is 1.67. The van der Waals surface area contributed by atoms with Gasteiger partial charge in [0, 0.05) is 19.3 Å². The molecule has 0 saturated carbocycles. The van der Waals surface area contributed by atoms with Crippen LogP contribution in [-0.2, 0) is 9.59 Å². The number of anilines is 1. The molecule has 0 unspecified atom stereocenters. The van der Waals surface area contributed by atoms with E-state index in [9.17, 15) is 9.59 Å². The fourth-order valence-corrected chi connectivity index (χ4v) is 1.67. The van der Waals surface area contributed by atoms with Gasteiger partial charge in [0.2, 0.25) is 0 Å². The van der Waals surface area contributed by atoms with E-state index in [1.165, 1.54) is 4.90 Å². The van der Waals surface area contributed by atoms with E-state index in [0.717, 1.165) is 24.0 Å². The molecule has 1 N–H and O–H groups in total. The van der Waals surface area contributed by atoms with E-state index in [2.05, 4.69) is 5.32 Å². The molecule has 0 radical (unpaired) electrons. The molecule has 19 heavy (non-hydrogen) atoms. The lowest BCUT2D eigenvalue weighted by Crippen LogP contribution is -2.37. The van der Waals surface area contributed by atoms with E-state index in [0.29, 0.717) is 12.2 Å². The van der Waals surface area contributed by atoms with E-state index >= 15 is 0 Å². The summed E-state index contributed by atoms with van der Waals surface area (Å²) in [6.45, 7) is 6.63. The van der Waals surface area contributed by atoms with Crippen molar-refractivity contribution < 1.29 is 9.59 Å². The van der Waals surface area contributed by atoms with Crippen LogP contribution in [0, 0.1) is 13.8 Å². The second-order valence-electron chi connectivity index (χ2n) is 4.83. The van der Waals surface area contributed by atoms with Crippen molar-refractivity contribution in [1.82, 2.24) is 4.90 Å². The third-order valence-corrected chi connectivity index (χ3v) is 3.15. The van der Waals surface area contributed by atoms with Gasteiger partial charge in [-0.25, -0.2) is 0 Å². The van der Waals surface area contributed by atoms with E-state index in [4.69, 9.17) is 0 Å². The van der Waals surface area contributed by atoms with Gasteiger partial charge in [0.1, 0.15) is 0 Å². The summed E-state index contributed by atoms with van der Waals surface area (Å²) in [6.07, 6.45) is 1.90. The van der Waals surface area contributed by atoms with Gasteiger partial charge in [0.05, 0.1) is 0 Å². The molecule has 0 fully saturated rings. The monoisotopic (exact) mass is 262 g/mol. The summed E-state index contributed by atoms with van der Waals surface area (Å²) in [6, 6.07) is 5.60. The Kier molecular flexibility index (Phi) is 5.55. The molecule has 1 rings (SSSR count). The van der Waals surface area contributed by atoms with Gasteiger partial charge in [0.15, 0.2) is 0 Å². The van der Waals surface area contributed by atoms with Gasteiger partial charge in [0.25, 0.3) is 0 Å². The maximum atomic E-state index is 11.8. The maximum Gasteiger partial charge on any atom is 0.313 e. The number of hydrogen-bond acceptors (Lipinski definition) is 2. The number of amides is 2. The second-order valence-corrected chi connectivity index (χ2v) is 4.83. The highest BCUT2D eigenvalue weighted by molar-refractivity contribution is 6.39. The largest absolute Gasteiger partial charge is 0.338 e. The number of nitrogens with zero attached hydrogens (tertiary/aromatic N) is 1. The second kappa shape index (κ2) is 6.92. The average Bonchev–Trinajstić information content (AvgIpc) is 2.39. The van der Waals surface area contributed by atoms with Crippen LogP contribution in [0.4, 0.5) is 5.69 Å². The molecular formula is C15H22N2O2. The van der Waals surface area contributed by atoms with Crippen LogP contribution in [0.5, 0.6) is 0 Å². The van der Waals surface area contributed by atoms with Crippen molar-refractivity contribution in [3.05, 3.63) is 29.3 Å². The smallest absolute Gasteiger partial charge is 0.313 e. The Labute approximate surface area is 114 Å². The summed E-state index contributed by atoms with van der Waals surface area (Å²) >= 11 is 0. The Morgan fingerprint density at radius 3 is 2.47 bits per heavy atom. The summed E-state index contributed by atoms with van der Waals surface area (Å²) in [5.74, 6) is -1.08. The molecule has 0 spiro atoms. The molecule has 0 atom stereocenters. The molecule has 0 aliphatic carbocycles. The van der Waals surface area contributed by atoms with Gasteiger partial charge in [-0.05, 0) is 43.5 Å². The molecule has 0 aromatic heterocycles. The average molecular weight is 262 g/mol. The Balaban J connectivity index is 2.63. The Hall–Kier alpha value is -1.84. The van der Waals surface area contributed by atoms with Gasteiger partial charge in [-0.15, -0.1) is 0 Å². The molecule has 0 aliphatic rings. The van der Waals surface area contributed by atoms with Crippen LogP contribution in [0.1, 0.15) is 30.9 Å². The summed E-state index contributed by atoms with van der Waals surface area (Å²) in [7, 11) is 1.65. The lowest BCUT2D eigenvalue weighted by Gasteiger charge is -2.16. The zero-order chi connectivity index (χ0) is 14.4. The molecule has 0 saturated heterocycles. The van der Waals surface area contributed by atoms with Gasteiger partial charge in [-0.1, -0.05) is 19.4 Å². The molecule has 4 nitrogen and oxygen atoms in total. The van der Waals surface area contributed by atoms with Crippen molar-refractivity contribution in [2.24, 2.45) is 0 Å². The number of aryl methyl sites for hydroxylation is 2. The van der Waals surface area contributed by atoms with Gasteiger partial charge < -0.3 is 10.2 Å². The molecule has 0 bridgehead atoms. The zero-order valence-corrected chi connectivity index (χ0v) is 12.1. The minimum Gasteiger partial charge on any atom is -0.338 e. The normalized spacial score (nSPS) is 10.1. The topological polar surface area (TPSA) is 49.4 Å². The fraction of sp³-hybridized carbons (Fsp3) is 0.467. The molecule has 2 amide bonds. The number of hydrogen-bond donors (Lipinski definition) is 1. The van der Waals surface area contributed by atoms with Crippen LogP contribution in [0.2, 0.25) is 0 Å². The SMILES string of the molecule is CCCCN(C)C(=O)C(=O)Nc1ccc(C)c(C)c1. The zero-order valence-electron chi connectivity index (χ0n) is 12.1. The number of carbonyl (C=O) groups is 2. The highest BCUT2D eigenvalue weighted by Gasteiger charge is 2.18. The van der Waals surface area contributed by atoms with E-state index in [1.807, 2.05) is 32.9 Å². The van der Waals surface area contributed by atoms with E-state index in [1.54, 1.807) is 13.1 Å². The lowest BCUT2D eigenvalue weighted by molar-refractivity contribution is -0.142. The minimum absolute atomic E-state index is 0.494. The number of likely N-dealkylation sites (N-methyl/N-ethyl adjacent to an activating group) is 1. The molecule has 1 aromatic rings. The molecular weight excluding hydrogens is 240 g/mol. The summed E-state index contributed by atoms with van der Waals surface area (Å²) < 4.78 is 0. The van der Waals surface area contributed by atoms with E-state index < -0.39 is 11.8 Å². The first-order valence-electron chi connectivity index (χ1n) is 6.59. The van der Waals surface area contributed by atoms with Crippen LogP contribution in [0.3, 0.4) is 0 Å². The van der Waals surface area contributed by atoms with Crippen LogP contribution < -0.4 is 5.32 Å².